The van der Waals surface area contributed by atoms with Crippen LogP contribution in [0, 0.1) is 5.82 Å². The van der Waals surface area contributed by atoms with Crippen molar-refractivity contribution in [3.8, 4) is 0 Å². The summed E-state index contributed by atoms with van der Waals surface area (Å²) in [6, 6.07) is 13.1. The number of benzene rings is 2. The molecule has 0 amide bonds. The Morgan fingerprint density at radius 3 is 2.41 bits per heavy atom. The molecule has 4 heteroatoms. The number of hydrogen-bond donors (Lipinski definition) is 2. The van der Waals surface area contributed by atoms with E-state index in [1.165, 1.54) is 12.1 Å². The number of nitrogens with one attached hydrogen (secondary N) is 1. The summed E-state index contributed by atoms with van der Waals surface area (Å²) >= 11 is 0. The van der Waals surface area contributed by atoms with Crippen LogP contribution in [0.4, 0.5) is 15.8 Å². The molecule has 0 aromatic heterocycles. The average molecular weight is 231 g/mol. The molecule has 0 unspecified atom stereocenters. The van der Waals surface area contributed by atoms with Gasteiger partial charge >= 0.3 is 5.97 Å². The average Bonchev–Trinajstić information content (AvgIpc) is 2.32. The number of carbonyl (C=O) groups is 1. The highest BCUT2D eigenvalue weighted by molar-refractivity contribution is 5.89. The predicted octanol–water partition coefficient (Wildman–Crippen LogP) is 3.27. The molecule has 3 nitrogen and oxygen atoms in total. The van der Waals surface area contributed by atoms with E-state index in [0.29, 0.717) is 5.69 Å². The van der Waals surface area contributed by atoms with Gasteiger partial charge in [0.25, 0.3) is 0 Å². The van der Waals surface area contributed by atoms with Crippen molar-refractivity contribution < 1.29 is 14.3 Å². The summed E-state index contributed by atoms with van der Waals surface area (Å²) < 4.78 is 13.2. The lowest BCUT2D eigenvalue weighted by Crippen LogP contribution is -2.01. The Labute approximate surface area is 97.5 Å². The fraction of sp³-hybridized carbons (Fsp3) is 0. The third kappa shape index (κ3) is 2.60. The molecule has 0 saturated heterocycles. The first-order valence-electron chi connectivity index (χ1n) is 5.02. The summed E-state index contributed by atoms with van der Waals surface area (Å²) in [5.74, 6) is -2.02. The Balaban J connectivity index is 2.29. The van der Waals surface area contributed by atoms with E-state index in [9.17, 15) is 9.18 Å². The molecule has 2 aromatic carbocycles. The first-order valence-corrected chi connectivity index (χ1v) is 5.02. The van der Waals surface area contributed by atoms with Gasteiger partial charge in [0.15, 0.2) is 0 Å². The Kier molecular flexibility index (Phi) is 3.05. The Morgan fingerprint density at radius 1 is 1.06 bits per heavy atom. The molecule has 0 spiro atoms. The first kappa shape index (κ1) is 11.1. The van der Waals surface area contributed by atoms with E-state index in [2.05, 4.69) is 5.32 Å². The predicted molar refractivity (Wildman–Crippen MR) is 63.1 cm³/mol. The summed E-state index contributed by atoms with van der Waals surface area (Å²) in [5, 5.41) is 11.8. The molecule has 0 atom stereocenters. The minimum Gasteiger partial charge on any atom is -0.478 e. The molecule has 0 radical (unpaired) electrons. The number of halogens is 1. The lowest BCUT2D eigenvalue weighted by molar-refractivity contribution is 0.0692. The van der Waals surface area contributed by atoms with E-state index in [4.69, 9.17) is 5.11 Å². The molecule has 0 aliphatic heterocycles. The number of rotatable bonds is 3. The highest BCUT2D eigenvalue weighted by Gasteiger charge is 2.10. The van der Waals surface area contributed by atoms with Gasteiger partial charge in [-0.15, -0.1) is 0 Å². The second-order valence-electron chi connectivity index (χ2n) is 3.49. The van der Waals surface area contributed by atoms with Gasteiger partial charge in [0.05, 0.1) is 5.56 Å². The van der Waals surface area contributed by atoms with Crippen molar-refractivity contribution >= 4 is 17.3 Å². The molecular formula is C13H10FNO2. The molecule has 0 bridgehead atoms. The van der Waals surface area contributed by atoms with Gasteiger partial charge in [-0.25, -0.2) is 9.18 Å². The zero-order chi connectivity index (χ0) is 12.3. The summed E-state index contributed by atoms with van der Waals surface area (Å²) in [6.45, 7) is 0. The highest BCUT2D eigenvalue weighted by atomic mass is 19.1. The monoisotopic (exact) mass is 231 g/mol. The van der Waals surface area contributed by atoms with E-state index in [1.807, 2.05) is 30.3 Å². The van der Waals surface area contributed by atoms with Crippen molar-refractivity contribution in [2.24, 2.45) is 0 Å². The second kappa shape index (κ2) is 4.65. The maximum Gasteiger partial charge on any atom is 0.338 e. The van der Waals surface area contributed by atoms with Crippen molar-refractivity contribution in [1.29, 1.82) is 0 Å². The van der Waals surface area contributed by atoms with Crippen LogP contribution in [0.15, 0.2) is 48.5 Å². The lowest BCUT2D eigenvalue weighted by atomic mass is 10.2. The van der Waals surface area contributed by atoms with Crippen LogP contribution in [0.25, 0.3) is 0 Å². The quantitative estimate of drug-likeness (QED) is 0.852. The molecule has 17 heavy (non-hydrogen) atoms. The van der Waals surface area contributed by atoms with Gasteiger partial charge in [-0.05, 0) is 30.3 Å². The summed E-state index contributed by atoms with van der Waals surface area (Å²) in [7, 11) is 0. The normalized spacial score (nSPS) is 9.94. The highest BCUT2D eigenvalue weighted by Crippen LogP contribution is 2.19. The Morgan fingerprint density at radius 2 is 1.76 bits per heavy atom. The minimum atomic E-state index is -1.28. The van der Waals surface area contributed by atoms with Crippen LogP contribution in [0.5, 0.6) is 0 Å². The second-order valence-corrected chi connectivity index (χ2v) is 3.49. The van der Waals surface area contributed by atoms with Crippen LogP contribution in [0.3, 0.4) is 0 Å². The summed E-state index contributed by atoms with van der Waals surface area (Å²) in [6.07, 6.45) is 0. The molecular weight excluding hydrogens is 221 g/mol. The number of carboxylic acids is 1. The fourth-order valence-corrected chi connectivity index (χ4v) is 1.46. The molecule has 0 aliphatic rings. The van der Waals surface area contributed by atoms with Crippen molar-refractivity contribution in [2.75, 3.05) is 5.32 Å². The van der Waals surface area contributed by atoms with E-state index in [0.717, 1.165) is 11.8 Å². The summed E-state index contributed by atoms with van der Waals surface area (Å²) in [5.41, 5.74) is 1.01. The smallest absolute Gasteiger partial charge is 0.338 e. The van der Waals surface area contributed by atoms with E-state index in [-0.39, 0.29) is 5.56 Å². The van der Waals surface area contributed by atoms with Gasteiger partial charge in [-0.3, -0.25) is 0 Å². The minimum absolute atomic E-state index is 0.342. The largest absolute Gasteiger partial charge is 0.478 e. The van der Waals surface area contributed by atoms with Crippen molar-refractivity contribution in [1.82, 2.24) is 0 Å². The number of para-hydroxylation sites is 1. The maximum absolute atomic E-state index is 13.2. The third-order valence-electron chi connectivity index (χ3n) is 2.26. The molecule has 0 heterocycles. The third-order valence-corrected chi connectivity index (χ3v) is 2.26. The number of aromatic carboxylic acids is 1. The molecule has 86 valence electrons. The molecule has 2 rings (SSSR count). The summed E-state index contributed by atoms with van der Waals surface area (Å²) in [4.78, 5) is 10.8. The maximum atomic E-state index is 13.2. The van der Waals surface area contributed by atoms with Crippen molar-refractivity contribution in [3.63, 3.8) is 0 Å². The zero-order valence-corrected chi connectivity index (χ0v) is 8.85. The van der Waals surface area contributed by atoms with Crippen LogP contribution < -0.4 is 5.32 Å². The van der Waals surface area contributed by atoms with Crippen LogP contribution in [0.1, 0.15) is 10.4 Å². The van der Waals surface area contributed by atoms with Gasteiger partial charge in [-0.2, -0.15) is 0 Å². The van der Waals surface area contributed by atoms with Gasteiger partial charge in [0.1, 0.15) is 5.82 Å². The molecule has 2 aromatic rings. The van der Waals surface area contributed by atoms with Gasteiger partial charge in [0.2, 0.25) is 0 Å². The van der Waals surface area contributed by atoms with Crippen molar-refractivity contribution in [2.45, 2.75) is 0 Å². The van der Waals surface area contributed by atoms with Crippen LogP contribution >= 0.6 is 0 Å². The van der Waals surface area contributed by atoms with Gasteiger partial charge in [-0.1, -0.05) is 18.2 Å². The van der Waals surface area contributed by atoms with E-state index < -0.39 is 11.8 Å². The molecule has 2 N–H and O–H groups in total. The number of hydrogen-bond acceptors (Lipinski definition) is 2. The lowest BCUT2D eigenvalue weighted by Gasteiger charge is -2.07. The van der Waals surface area contributed by atoms with Crippen LogP contribution in [-0.2, 0) is 0 Å². The SMILES string of the molecule is O=C(O)c1cc(Nc2ccccc2)ccc1F. The Hall–Kier alpha value is -2.36. The number of anilines is 2. The van der Waals surface area contributed by atoms with E-state index in [1.54, 1.807) is 0 Å². The van der Waals surface area contributed by atoms with E-state index >= 15 is 0 Å². The molecule has 0 saturated carbocycles. The first-order chi connectivity index (χ1) is 8.16. The molecule has 0 fully saturated rings. The van der Waals surface area contributed by atoms with Gasteiger partial charge < -0.3 is 10.4 Å². The van der Waals surface area contributed by atoms with Gasteiger partial charge in [0, 0.05) is 11.4 Å². The zero-order valence-electron chi connectivity index (χ0n) is 8.85. The number of carboxylic acid groups (broad SMARTS) is 1. The standard InChI is InChI=1S/C13H10FNO2/c14-12-7-6-10(8-11(12)13(16)17)15-9-4-2-1-3-5-9/h1-8,15H,(H,16,17). The Bertz CT molecular complexity index is 540. The fourth-order valence-electron chi connectivity index (χ4n) is 1.46. The van der Waals surface area contributed by atoms with Crippen LogP contribution in [0.2, 0.25) is 0 Å². The van der Waals surface area contributed by atoms with Crippen LogP contribution in [-0.4, -0.2) is 11.1 Å². The molecule has 0 aliphatic carbocycles. The topological polar surface area (TPSA) is 49.3 Å². The van der Waals surface area contributed by atoms with Crippen molar-refractivity contribution in [3.05, 3.63) is 59.9 Å².